The Morgan fingerprint density at radius 1 is 1.03 bits per heavy atom. The molecule has 5 rings (SSSR count). The lowest BCUT2D eigenvalue weighted by molar-refractivity contribution is -0.145. The van der Waals surface area contributed by atoms with Crippen molar-refractivity contribution in [2.24, 2.45) is 0 Å². The van der Waals surface area contributed by atoms with Crippen LogP contribution in [0.15, 0.2) is 42.7 Å². The van der Waals surface area contributed by atoms with Gasteiger partial charge in [-0.2, -0.15) is 13.2 Å². The van der Waals surface area contributed by atoms with Gasteiger partial charge in [-0.3, -0.25) is 9.69 Å². The van der Waals surface area contributed by atoms with Gasteiger partial charge in [0.05, 0.1) is 24.8 Å². The van der Waals surface area contributed by atoms with Crippen molar-refractivity contribution in [2.75, 3.05) is 50.8 Å². The van der Waals surface area contributed by atoms with Crippen LogP contribution in [0.25, 0.3) is 10.9 Å². The highest BCUT2D eigenvalue weighted by molar-refractivity contribution is 6.06. The first kappa shape index (κ1) is 24.4. The second-order valence-electron chi connectivity index (χ2n) is 8.95. The van der Waals surface area contributed by atoms with E-state index in [-0.39, 0.29) is 12.5 Å². The molecule has 0 saturated carbocycles. The molecule has 1 amide bonds. The van der Waals surface area contributed by atoms with Crippen LogP contribution in [-0.4, -0.2) is 71.7 Å². The van der Waals surface area contributed by atoms with Crippen LogP contribution in [0.2, 0.25) is 0 Å². The van der Waals surface area contributed by atoms with Crippen LogP contribution in [0.5, 0.6) is 0 Å². The number of morpholine rings is 1. The van der Waals surface area contributed by atoms with Crippen molar-refractivity contribution in [3.05, 3.63) is 59.7 Å². The third-order valence-corrected chi connectivity index (χ3v) is 6.64. The molecule has 1 N–H and O–H groups in total. The number of carbonyl (C=O) groups is 1. The van der Waals surface area contributed by atoms with Gasteiger partial charge in [-0.15, -0.1) is 0 Å². The normalized spacial score (nSPS) is 17.9. The Morgan fingerprint density at radius 3 is 2.44 bits per heavy atom. The Kier molecular flexibility index (Phi) is 7.01. The van der Waals surface area contributed by atoms with E-state index in [1.54, 1.807) is 12.1 Å². The number of hydrogen-bond donors (Lipinski definition) is 1. The molecule has 2 fully saturated rings. The van der Waals surface area contributed by atoms with E-state index < -0.39 is 18.0 Å². The molecule has 0 spiro atoms. The van der Waals surface area contributed by atoms with Gasteiger partial charge in [0.2, 0.25) is 5.82 Å². The fraction of sp³-hybridized carbons (Fsp3) is 0.440. The third kappa shape index (κ3) is 5.26. The van der Waals surface area contributed by atoms with Crippen molar-refractivity contribution in [3.63, 3.8) is 0 Å². The summed E-state index contributed by atoms with van der Waals surface area (Å²) in [6.45, 7) is 4.31. The number of anilines is 1. The molecule has 3 aromatic rings. The molecule has 190 valence electrons. The molecule has 0 radical (unpaired) electrons. The maximum absolute atomic E-state index is 13.2. The average molecular weight is 501 g/mol. The van der Waals surface area contributed by atoms with Gasteiger partial charge in [0.1, 0.15) is 5.82 Å². The highest BCUT2D eigenvalue weighted by atomic mass is 19.4. The number of pyridine rings is 1. The zero-order valence-electron chi connectivity index (χ0n) is 19.7. The van der Waals surface area contributed by atoms with E-state index in [0.29, 0.717) is 37.4 Å². The quantitative estimate of drug-likeness (QED) is 0.555. The van der Waals surface area contributed by atoms with Gasteiger partial charge >= 0.3 is 6.18 Å². The number of nitrogens with one attached hydrogen (secondary N) is 1. The zero-order valence-corrected chi connectivity index (χ0v) is 19.7. The second kappa shape index (κ2) is 10.4. The van der Waals surface area contributed by atoms with Gasteiger partial charge in [0.25, 0.3) is 5.91 Å². The third-order valence-electron chi connectivity index (χ3n) is 6.64. The van der Waals surface area contributed by atoms with Gasteiger partial charge in [-0.25, -0.2) is 15.0 Å². The molecular formula is C25H27F3N6O2. The summed E-state index contributed by atoms with van der Waals surface area (Å²) in [4.78, 5) is 29.3. The molecule has 1 aromatic carbocycles. The van der Waals surface area contributed by atoms with E-state index in [1.165, 1.54) is 12.4 Å². The van der Waals surface area contributed by atoms with Crippen LogP contribution >= 0.6 is 0 Å². The molecule has 0 aliphatic carbocycles. The van der Waals surface area contributed by atoms with E-state index in [2.05, 4.69) is 25.1 Å². The van der Waals surface area contributed by atoms with Gasteiger partial charge in [0.15, 0.2) is 0 Å². The molecule has 11 heteroatoms. The summed E-state index contributed by atoms with van der Waals surface area (Å²) >= 11 is 0. The van der Waals surface area contributed by atoms with E-state index in [1.807, 2.05) is 18.2 Å². The van der Waals surface area contributed by atoms with E-state index in [4.69, 9.17) is 9.72 Å². The summed E-state index contributed by atoms with van der Waals surface area (Å²) in [7, 11) is 0. The van der Waals surface area contributed by atoms with Crippen molar-refractivity contribution in [1.29, 1.82) is 0 Å². The predicted molar refractivity (Wildman–Crippen MR) is 128 cm³/mol. The van der Waals surface area contributed by atoms with Crippen LogP contribution in [0.3, 0.4) is 0 Å². The minimum Gasteiger partial charge on any atom is -0.379 e. The summed E-state index contributed by atoms with van der Waals surface area (Å²) in [5.74, 6) is -0.553. The lowest BCUT2D eigenvalue weighted by atomic mass is 10.1. The molecule has 2 saturated heterocycles. The first-order chi connectivity index (χ1) is 17.4. The standard InChI is InChI=1S/C25H27F3N6O2/c26-25(27,28)24-30-14-17(15-31-24)21(33-10-12-36-13-11-33)16-29-23(35)19-4-3-5-20-18(19)6-7-22(32-20)34-8-1-2-9-34/h3-7,14-15,21H,1-2,8-13,16H2,(H,29,35). The van der Waals surface area contributed by atoms with Crippen LogP contribution in [-0.2, 0) is 10.9 Å². The minimum absolute atomic E-state index is 0.184. The van der Waals surface area contributed by atoms with Crippen molar-refractivity contribution in [2.45, 2.75) is 25.1 Å². The summed E-state index contributed by atoms with van der Waals surface area (Å²) in [6.07, 6.45) is 0.0544. The minimum atomic E-state index is -4.61. The number of benzene rings is 1. The number of amides is 1. The molecule has 1 unspecified atom stereocenters. The molecule has 2 aliphatic heterocycles. The fourth-order valence-electron chi connectivity index (χ4n) is 4.75. The van der Waals surface area contributed by atoms with Gasteiger partial charge in [-0.1, -0.05) is 6.07 Å². The summed E-state index contributed by atoms with van der Waals surface area (Å²) in [5.41, 5.74) is 1.74. The molecular weight excluding hydrogens is 473 g/mol. The number of nitrogens with zero attached hydrogens (tertiary/aromatic N) is 5. The number of aromatic nitrogens is 3. The van der Waals surface area contributed by atoms with Crippen molar-refractivity contribution in [3.8, 4) is 0 Å². The number of carbonyl (C=O) groups excluding carboxylic acids is 1. The Morgan fingerprint density at radius 2 is 1.75 bits per heavy atom. The molecule has 1 atom stereocenters. The van der Waals surface area contributed by atoms with Crippen molar-refractivity contribution < 1.29 is 22.7 Å². The van der Waals surface area contributed by atoms with Crippen LogP contribution < -0.4 is 10.2 Å². The number of halogens is 3. The summed E-state index contributed by atoms with van der Waals surface area (Å²) < 4.78 is 44.2. The Labute approximate surface area is 206 Å². The monoisotopic (exact) mass is 500 g/mol. The highest BCUT2D eigenvalue weighted by Crippen LogP contribution is 2.28. The van der Waals surface area contributed by atoms with E-state index in [0.717, 1.165) is 42.7 Å². The highest BCUT2D eigenvalue weighted by Gasteiger charge is 2.35. The summed E-state index contributed by atoms with van der Waals surface area (Å²) in [5, 5.41) is 3.71. The van der Waals surface area contributed by atoms with Gasteiger partial charge in [-0.05, 0) is 37.1 Å². The van der Waals surface area contributed by atoms with Gasteiger partial charge in [0, 0.05) is 61.6 Å². The Balaban J connectivity index is 1.35. The number of rotatable bonds is 6. The van der Waals surface area contributed by atoms with Crippen LogP contribution in [0, 0.1) is 0 Å². The lowest BCUT2D eigenvalue weighted by Gasteiger charge is -2.34. The number of alkyl halides is 3. The Bertz CT molecular complexity index is 1210. The molecule has 2 aromatic heterocycles. The predicted octanol–water partition coefficient (Wildman–Crippen LogP) is 3.45. The summed E-state index contributed by atoms with van der Waals surface area (Å²) in [6, 6.07) is 8.92. The van der Waals surface area contributed by atoms with Crippen LogP contribution in [0.4, 0.5) is 19.0 Å². The molecule has 36 heavy (non-hydrogen) atoms. The smallest absolute Gasteiger partial charge is 0.379 e. The zero-order chi connectivity index (χ0) is 25.1. The van der Waals surface area contributed by atoms with Crippen molar-refractivity contribution in [1.82, 2.24) is 25.2 Å². The Hall–Kier alpha value is -3.31. The van der Waals surface area contributed by atoms with E-state index in [9.17, 15) is 18.0 Å². The molecule has 0 bridgehead atoms. The first-order valence-corrected chi connectivity index (χ1v) is 12.0. The molecule has 8 nitrogen and oxygen atoms in total. The average Bonchev–Trinajstić information content (AvgIpc) is 3.44. The number of ether oxygens (including phenoxy) is 1. The first-order valence-electron chi connectivity index (χ1n) is 12.0. The molecule has 2 aliphatic rings. The van der Waals surface area contributed by atoms with Crippen LogP contribution in [0.1, 0.15) is 40.6 Å². The second-order valence-corrected chi connectivity index (χ2v) is 8.95. The number of fused-ring (bicyclic) bond motifs is 1. The van der Waals surface area contributed by atoms with Crippen molar-refractivity contribution >= 4 is 22.6 Å². The topological polar surface area (TPSA) is 83.5 Å². The maximum Gasteiger partial charge on any atom is 0.451 e. The maximum atomic E-state index is 13.2. The SMILES string of the molecule is O=C(NCC(c1cnc(C(F)(F)F)nc1)N1CCOCC1)c1cccc2nc(N3CCCC3)ccc12. The lowest BCUT2D eigenvalue weighted by Crippen LogP contribution is -2.44. The fourth-order valence-corrected chi connectivity index (χ4v) is 4.75. The van der Waals surface area contributed by atoms with E-state index >= 15 is 0 Å². The van der Waals surface area contributed by atoms with Gasteiger partial charge < -0.3 is 15.0 Å². The molecule has 4 heterocycles. The largest absolute Gasteiger partial charge is 0.451 e. The number of hydrogen-bond acceptors (Lipinski definition) is 7.